The molecule has 2 aromatic carbocycles. The molecule has 0 aliphatic heterocycles. The molecular weight excluding hydrogens is 461 g/mol. The second-order valence-electron chi connectivity index (χ2n) is 9.34. The average Bonchev–Trinajstić information content (AvgIpc) is 3.13. The Morgan fingerprint density at radius 2 is 1.74 bits per heavy atom. The molecule has 0 bridgehead atoms. The third kappa shape index (κ3) is 3.46. The lowest BCUT2D eigenvalue weighted by Gasteiger charge is -2.21. The van der Waals surface area contributed by atoms with Crippen LogP contribution in [0.15, 0.2) is 33.5 Å². The molecular formula is C23H27BrFN5O. The van der Waals surface area contributed by atoms with Crippen LogP contribution in [0.3, 0.4) is 0 Å². The van der Waals surface area contributed by atoms with Crippen molar-refractivity contribution in [2.24, 2.45) is 14.1 Å². The number of halogens is 2. The molecule has 2 aromatic heterocycles. The fourth-order valence-electron chi connectivity index (χ4n) is 4.02. The highest BCUT2D eigenvalue weighted by Gasteiger charge is 2.26. The Morgan fingerprint density at radius 3 is 2.35 bits per heavy atom. The molecule has 0 saturated heterocycles. The highest BCUT2D eigenvalue weighted by molar-refractivity contribution is 9.10. The third-order valence-electron chi connectivity index (χ3n) is 5.41. The molecule has 0 unspecified atom stereocenters. The van der Waals surface area contributed by atoms with Gasteiger partial charge in [-0.3, -0.25) is 13.7 Å². The van der Waals surface area contributed by atoms with Crippen LogP contribution in [0.1, 0.15) is 40.4 Å². The standard InChI is InChI=1S/C23H27BrFN5O/c1-12(2)26-17-8-13(9-19-20(17)29(7)22(31)28(19)6)30-18-11-15(25)14(24)10-16(18)27-21(30)23(3,4)5/h8-12,26H,1-7H3. The molecule has 0 amide bonds. The number of benzene rings is 2. The molecule has 0 saturated carbocycles. The molecule has 0 aliphatic carbocycles. The summed E-state index contributed by atoms with van der Waals surface area (Å²) in [6.45, 7) is 10.4. The predicted molar refractivity (Wildman–Crippen MR) is 128 cm³/mol. The lowest BCUT2D eigenvalue weighted by Crippen LogP contribution is -2.19. The smallest absolute Gasteiger partial charge is 0.328 e. The van der Waals surface area contributed by atoms with Crippen molar-refractivity contribution in [2.75, 3.05) is 5.32 Å². The fourth-order valence-corrected chi connectivity index (χ4v) is 4.35. The first-order valence-electron chi connectivity index (χ1n) is 10.2. The van der Waals surface area contributed by atoms with Gasteiger partial charge in [0, 0.05) is 31.6 Å². The Bertz CT molecular complexity index is 1390. The topological polar surface area (TPSA) is 56.8 Å². The van der Waals surface area contributed by atoms with Gasteiger partial charge in [-0.25, -0.2) is 14.2 Å². The first-order chi connectivity index (χ1) is 14.4. The van der Waals surface area contributed by atoms with Gasteiger partial charge in [0.2, 0.25) is 0 Å². The highest BCUT2D eigenvalue weighted by atomic mass is 79.9. The summed E-state index contributed by atoms with van der Waals surface area (Å²) in [4.78, 5) is 17.5. The van der Waals surface area contributed by atoms with E-state index in [1.807, 2.05) is 16.7 Å². The Labute approximate surface area is 188 Å². The van der Waals surface area contributed by atoms with Crippen LogP contribution in [-0.4, -0.2) is 24.7 Å². The third-order valence-corrected chi connectivity index (χ3v) is 6.02. The molecule has 1 N–H and O–H groups in total. The van der Waals surface area contributed by atoms with Gasteiger partial charge >= 0.3 is 5.69 Å². The fraction of sp³-hybridized carbons (Fsp3) is 0.391. The van der Waals surface area contributed by atoms with Gasteiger partial charge in [0.1, 0.15) is 11.6 Å². The molecule has 8 heteroatoms. The average molecular weight is 488 g/mol. The number of nitrogens with one attached hydrogen (secondary N) is 1. The summed E-state index contributed by atoms with van der Waals surface area (Å²) in [6.07, 6.45) is 0. The highest BCUT2D eigenvalue weighted by Crippen LogP contribution is 2.35. The van der Waals surface area contributed by atoms with Crippen LogP contribution < -0.4 is 11.0 Å². The van der Waals surface area contributed by atoms with Crippen molar-refractivity contribution in [3.63, 3.8) is 0 Å². The first-order valence-corrected chi connectivity index (χ1v) is 11.0. The number of fused-ring (bicyclic) bond motifs is 2. The Morgan fingerprint density at radius 1 is 1.06 bits per heavy atom. The summed E-state index contributed by atoms with van der Waals surface area (Å²) in [5.41, 5.74) is 4.31. The van der Waals surface area contributed by atoms with Crippen molar-refractivity contribution in [3.8, 4) is 5.69 Å². The van der Waals surface area contributed by atoms with E-state index in [0.29, 0.717) is 15.5 Å². The van der Waals surface area contributed by atoms with Gasteiger partial charge in [0.15, 0.2) is 0 Å². The van der Waals surface area contributed by atoms with Crippen LogP contribution >= 0.6 is 15.9 Å². The SMILES string of the molecule is CC(C)Nc1cc(-n2c(C(C)(C)C)nc3cc(Br)c(F)cc32)cc2c1n(C)c(=O)n2C. The van der Waals surface area contributed by atoms with E-state index in [-0.39, 0.29) is 23.0 Å². The number of nitrogens with zero attached hydrogens (tertiary/aromatic N) is 4. The van der Waals surface area contributed by atoms with E-state index in [4.69, 9.17) is 4.98 Å². The molecule has 0 aliphatic rings. The first kappa shape index (κ1) is 21.6. The van der Waals surface area contributed by atoms with Gasteiger partial charge in [-0.2, -0.15) is 0 Å². The van der Waals surface area contributed by atoms with Gasteiger partial charge in [0.05, 0.1) is 37.9 Å². The normalized spacial score (nSPS) is 12.5. The number of hydrogen-bond acceptors (Lipinski definition) is 3. The van der Waals surface area contributed by atoms with Crippen molar-refractivity contribution in [2.45, 2.75) is 46.1 Å². The van der Waals surface area contributed by atoms with Gasteiger partial charge in [0.25, 0.3) is 0 Å². The second-order valence-corrected chi connectivity index (χ2v) is 10.2. The van der Waals surface area contributed by atoms with Crippen LogP contribution in [0.2, 0.25) is 0 Å². The molecule has 0 radical (unpaired) electrons. The summed E-state index contributed by atoms with van der Waals surface area (Å²) in [7, 11) is 3.54. The summed E-state index contributed by atoms with van der Waals surface area (Å²) < 4.78 is 20.2. The van der Waals surface area contributed by atoms with E-state index < -0.39 is 0 Å². The molecule has 0 atom stereocenters. The summed E-state index contributed by atoms with van der Waals surface area (Å²) >= 11 is 3.27. The minimum atomic E-state index is -0.345. The second kappa shape index (κ2) is 7.22. The summed E-state index contributed by atoms with van der Waals surface area (Å²) in [6, 6.07) is 7.37. The van der Waals surface area contributed by atoms with Gasteiger partial charge in [-0.15, -0.1) is 0 Å². The summed E-state index contributed by atoms with van der Waals surface area (Å²) in [5, 5.41) is 3.47. The van der Waals surface area contributed by atoms with E-state index in [9.17, 15) is 9.18 Å². The van der Waals surface area contributed by atoms with E-state index in [2.05, 4.69) is 55.9 Å². The number of aryl methyl sites for hydroxylation is 2. The maximum absolute atomic E-state index is 14.5. The zero-order valence-corrected chi connectivity index (χ0v) is 20.4. The monoisotopic (exact) mass is 487 g/mol. The van der Waals surface area contributed by atoms with Gasteiger partial charge < -0.3 is 5.32 Å². The quantitative estimate of drug-likeness (QED) is 0.430. The number of aromatic nitrogens is 4. The van der Waals surface area contributed by atoms with Crippen molar-refractivity contribution in [1.82, 2.24) is 18.7 Å². The molecule has 0 fully saturated rings. The van der Waals surface area contributed by atoms with Crippen molar-refractivity contribution < 1.29 is 4.39 Å². The largest absolute Gasteiger partial charge is 0.381 e. The van der Waals surface area contributed by atoms with E-state index in [0.717, 1.165) is 28.2 Å². The Kier molecular flexibility index (Phi) is 5.04. The van der Waals surface area contributed by atoms with Crippen LogP contribution in [0, 0.1) is 5.82 Å². The number of imidazole rings is 2. The number of rotatable bonds is 3. The maximum atomic E-state index is 14.5. The van der Waals surface area contributed by atoms with Crippen molar-refractivity contribution in [1.29, 1.82) is 0 Å². The van der Waals surface area contributed by atoms with Crippen LogP contribution in [0.25, 0.3) is 27.8 Å². The van der Waals surface area contributed by atoms with E-state index in [1.165, 1.54) is 6.07 Å². The molecule has 164 valence electrons. The molecule has 6 nitrogen and oxygen atoms in total. The number of hydrogen-bond donors (Lipinski definition) is 1. The van der Waals surface area contributed by atoms with Gasteiger partial charge in [-0.1, -0.05) is 20.8 Å². The lowest BCUT2D eigenvalue weighted by molar-refractivity contribution is 0.539. The van der Waals surface area contributed by atoms with E-state index in [1.54, 1.807) is 29.3 Å². The molecule has 4 aromatic rings. The molecule has 0 spiro atoms. The maximum Gasteiger partial charge on any atom is 0.328 e. The van der Waals surface area contributed by atoms with Gasteiger partial charge in [-0.05, 0) is 48.0 Å². The van der Waals surface area contributed by atoms with Crippen LogP contribution in [0.4, 0.5) is 10.1 Å². The van der Waals surface area contributed by atoms with Crippen LogP contribution in [0.5, 0.6) is 0 Å². The van der Waals surface area contributed by atoms with Crippen molar-refractivity contribution >= 4 is 43.7 Å². The zero-order valence-electron chi connectivity index (χ0n) is 18.8. The minimum absolute atomic E-state index is 0.0968. The Hall–Kier alpha value is -2.61. The Balaban J connectivity index is 2.15. The summed E-state index contributed by atoms with van der Waals surface area (Å²) in [5.74, 6) is 0.471. The lowest BCUT2D eigenvalue weighted by atomic mass is 9.95. The number of anilines is 1. The van der Waals surface area contributed by atoms with E-state index >= 15 is 0 Å². The van der Waals surface area contributed by atoms with Crippen LogP contribution in [-0.2, 0) is 19.5 Å². The zero-order chi connectivity index (χ0) is 22.8. The van der Waals surface area contributed by atoms with Crippen molar-refractivity contribution in [3.05, 3.63) is 50.9 Å². The molecule has 4 rings (SSSR count). The predicted octanol–water partition coefficient (Wildman–Crippen LogP) is 5.24. The molecule has 31 heavy (non-hydrogen) atoms. The minimum Gasteiger partial charge on any atom is -0.381 e. The molecule has 2 heterocycles.